The Bertz CT molecular complexity index is 1540. The van der Waals surface area contributed by atoms with Gasteiger partial charge in [-0.1, -0.05) is 29.8 Å². The fourth-order valence-corrected chi connectivity index (χ4v) is 6.45. The molecule has 2 N–H and O–H groups in total. The number of halogens is 1. The Morgan fingerprint density at radius 3 is 2.67 bits per heavy atom. The molecule has 3 aromatic carbocycles. The SMILES string of the molecule is C[C@H]1Cc2cc(C(=O)NCCNc3ccnc4cc(Cl)ccc34)ccc2N1S(=O)(=O)c1ccccc1. The number of anilines is 2. The summed E-state index contributed by atoms with van der Waals surface area (Å²) in [6.07, 6.45) is 2.26. The number of amides is 1. The predicted molar refractivity (Wildman–Crippen MR) is 143 cm³/mol. The molecule has 9 heteroatoms. The lowest BCUT2D eigenvalue weighted by Crippen LogP contribution is -2.35. The van der Waals surface area contributed by atoms with Crippen LogP contribution in [0.25, 0.3) is 10.9 Å². The number of hydrogen-bond acceptors (Lipinski definition) is 5. The van der Waals surface area contributed by atoms with E-state index in [1.165, 1.54) is 4.31 Å². The fraction of sp³-hybridized carbons (Fsp3) is 0.185. The van der Waals surface area contributed by atoms with E-state index in [1.54, 1.807) is 54.7 Å². The first-order chi connectivity index (χ1) is 17.3. The van der Waals surface area contributed by atoms with Crippen molar-refractivity contribution >= 4 is 49.8 Å². The Balaban J connectivity index is 1.24. The first-order valence-corrected chi connectivity index (χ1v) is 13.4. The number of aromatic nitrogens is 1. The van der Waals surface area contributed by atoms with Crippen molar-refractivity contribution in [1.82, 2.24) is 10.3 Å². The van der Waals surface area contributed by atoms with E-state index < -0.39 is 10.0 Å². The summed E-state index contributed by atoms with van der Waals surface area (Å²) in [5, 5.41) is 7.84. The topological polar surface area (TPSA) is 91.4 Å². The minimum atomic E-state index is -3.68. The number of fused-ring (bicyclic) bond motifs is 2. The molecular formula is C27H25ClN4O3S. The van der Waals surface area contributed by atoms with Crippen molar-refractivity contribution in [2.45, 2.75) is 24.3 Å². The lowest BCUT2D eigenvalue weighted by molar-refractivity contribution is 0.0955. The Hall–Kier alpha value is -3.62. The van der Waals surface area contributed by atoms with Crippen LogP contribution in [0.15, 0.2) is 83.9 Å². The minimum Gasteiger partial charge on any atom is -0.383 e. The van der Waals surface area contributed by atoms with Crippen LogP contribution < -0.4 is 14.9 Å². The normalized spacial score (nSPS) is 15.1. The number of pyridine rings is 1. The summed E-state index contributed by atoms with van der Waals surface area (Å²) >= 11 is 6.05. The predicted octanol–water partition coefficient (Wildman–Crippen LogP) is 4.87. The van der Waals surface area contributed by atoms with Crippen molar-refractivity contribution in [3.8, 4) is 0 Å². The van der Waals surface area contributed by atoms with Crippen LogP contribution in [0.1, 0.15) is 22.8 Å². The molecular weight excluding hydrogens is 496 g/mol. The van der Waals surface area contributed by atoms with Gasteiger partial charge in [0.15, 0.2) is 0 Å². The van der Waals surface area contributed by atoms with E-state index in [0.29, 0.717) is 35.8 Å². The zero-order valence-corrected chi connectivity index (χ0v) is 21.2. The molecule has 1 aliphatic rings. The third-order valence-electron chi connectivity index (χ3n) is 6.23. The molecule has 1 amide bonds. The summed E-state index contributed by atoms with van der Waals surface area (Å²) in [4.78, 5) is 17.4. The van der Waals surface area contributed by atoms with Crippen LogP contribution in [-0.4, -0.2) is 38.4 Å². The Kier molecular flexibility index (Phi) is 6.55. The molecule has 0 saturated carbocycles. The number of nitrogens with one attached hydrogen (secondary N) is 2. The van der Waals surface area contributed by atoms with Gasteiger partial charge in [0.05, 0.1) is 16.1 Å². The van der Waals surface area contributed by atoms with Gasteiger partial charge in [0, 0.05) is 47.0 Å². The number of sulfonamides is 1. The first kappa shape index (κ1) is 24.1. The molecule has 0 radical (unpaired) electrons. The Morgan fingerprint density at radius 1 is 1.06 bits per heavy atom. The second-order valence-corrected chi connectivity index (χ2v) is 11.0. The molecule has 7 nitrogen and oxygen atoms in total. The van der Waals surface area contributed by atoms with E-state index in [9.17, 15) is 13.2 Å². The molecule has 1 aromatic heterocycles. The van der Waals surface area contributed by atoms with Crippen molar-refractivity contribution in [1.29, 1.82) is 0 Å². The molecule has 0 saturated heterocycles. The van der Waals surface area contributed by atoms with Crippen LogP contribution in [-0.2, 0) is 16.4 Å². The summed E-state index contributed by atoms with van der Waals surface area (Å²) in [5.74, 6) is -0.206. The quantitative estimate of drug-likeness (QED) is 0.339. The summed E-state index contributed by atoms with van der Waals surface area (Å²) in [6.45, 7) is 2.82. The summed E-state index contributed by atoms with van der Waals surface area (Å²) in [7, 11) is -3.68. The van der Waals surface area contributed by atoms with Gasteiger partial charge in [0.1, 0.15) is 0 Å². The average molecular weight is 521 g/mol. The molecule has 4 aromatic rings. The van der Waals surface area contributed by atoms with Crippen molar-refractivity contribution in [2.75, 3.05) is 22.7 Å². The smallest absolute Gasteiger partial charge is 0.264 e. The molecule has 1 aliphatic heterocycles. The van der Waals surface area contributed by atoms with Gasteiger partial charge in [0.2, 0.25) is 0 Å². The standard InChI is InChI=1S/C27H25ClN4O3S/c1-18-15-20-16-19(7-10-26(20)32(18)36(34,35)22-5-3-2-4-6-22)27(33)31-14-13-30-24-11-12-29-25-17-21(28)8-9-23(24)25/h2-12,16-18H,13-15H2,1H3,(H,29,30)(H,31,33)/t18-/m0/s1. The van der Waals surface area contributed by atoms with Crippen molar-refractivity contribution in [3.05, 3.63) is 95.1 Å². The zero-order valence-electron chi connectivity index (χ0n) is 19.6. The van der Waals surface area contributed by atoms with Crippen LogP contribution in [0.5, 0.6) is 0 Å². The third-order valence-corrected chi connectivity index (χ3v) is 8.40. The first-order valence-electron chi connectivity index (χ1n) is 11.6. The Morgan fingerprint density at radius 2 is 1.86 bits per heavy atom. The second kappa shape index (κ2) is 9.79. The summed E-state index contributed by atoms with van der Waals surface area (Å²) in [6, 6.07) is 20.8. The zero-order chi connectivity index (χ0) is 25.3. The van der Waals surface area contributed by atoms with E-state index in [1.807, 2.05) is 31.2 Å². The highest BCUT2D eigenvalue weighted by Crippen LogP contribution is 2.37. The van der Waals surface area contributed by atoms with E-state index >= 15 is 0 Å². The molecule has 0 unspecified atom stereocenters. The summed E-state index contributed by atoms with van der Waals surface area (Å²) < 4.78 is 27.9. The highest BCUT2D eigenvalue weighted by atomic mass is 35.5. The molecule has 5 rings (SSSR count). The number of hydrogen-bond donors (Lipinski definition) is 2. The molecule has 2 heterocycles. The third kappa shape index (κ3) is 4.62. The van der Waals surface area contributed by atoms with Crippen LogP contribution in [0.3, 0.4) is 0 Å². The van der Waals surface area contributed by atoms with Crippen molar-refractivity contribution in [3.63, 3.8) is 0 Å². The molecule has 36 heavy (non-hydrogen) atoms. The average Bonchev–Trinajstić information content (AvgIpc) is 3.22. The van der Waals surface area contributed by atoms with E-state index in [4.69, 9.17) is 11.6 Å². The highest BCUT2D eigenvalue weighted by Gasteiger charge is 2.36. The number of carbonyl (C=O) groups excluding carboxylic acids is 1. The highest BCUT2D eigenvalue weighted by molar-refractivity contribution is 7.92. The maximum absolute atomic E-state index is 13.2. The molecule has 0 bridgehead atoms. The lowest BCUT2D eigenvalue weighted by Gasteiger charge is -2.24. The molecule has 184 valence electrons. The summed E-state index contributed by atoms with van der Waals surface area (Å²) in [5.41, 5.74) is 3.68. The van der Waals surface area contributed by atoms with Crippen LogP contribution >= 0.6 is 11.6 Å². The maximum atomic E-state index is 13.2. The molecule has 1 atom stereocenters. The van der Waals surface area contributed by atoms with Crippen LogP contribution in [0.2, 0.25) is 5.02 Å². The van der Waals surface area contributed by atoms with Gasteiger partial charge >= 0.3 is 0 Å². The number of carbonyl (C=O) groups is 1. The van der Waals surface area contributed by atoms with Crippen LogP contribution in [0, 0.1) is 0 Å². The van der Waals surface area contributed by atoms with Gasteiger partial charge in [-0.2, -0.15) is 0 Å². The number of nitrogens with zero attached hydrogens (tertiary/aromatic N) is 2. The maximum Gasteiger partial charge on any atom is 0.264 e. The monoisotopic (exact) mass is 520 g/mol. The van der Waals surface area contributed by atoms with Gasteiger partial charge in [-0.25, -0.2) is 8.42 Å². The molecule has 0 spiro atoms. The van der Waals surface area contributed by atoms with E-state index in [-0.39, 0.29) is 16.8 Å². The van der Waals surface area contributed by atoms with Gasteiger partial charge < -0.3 is 10.6 Å². The minimum absolute atomic E-state index is 0.206. The van der Waals surface area contributed by atoms with Crippen molar-refractivity contribution < 1.29 is 13.2 Å². The van der Waals surface area contributed by atoms with E-state index in [0.717, 1.165) is 22.2 Å². The van der Waals surface area contributed by atoms with Gasteiger partial charge in [0.25, 0.3) is 15.9 Å². The second-order valence-electron chi connectivity index (χ2n) is 8.71. The van der Waals surface area contributed by atoms with Gasteiger partial charge in [-0.15, -0.1) is 0 Å². The molecule has 0 aliphatic carbocycles. The van der Waals surface area contributed by atoms with Gasteiger partial charge in [-0.3, -0.25) is 14.1 Å². The fourth-order valence-electron chi connectivity index (χ4n) is 4.57. The van der Waals surface area contributed by atoms with Crippen molar-refractivity contribution in [2.24, 2.45) is 0 Å². The van der Waals surface area contributed by atoms with Gasteiger partial charge in [-0.05, 0) is 73.5 Å². The van der Waals surface area contributed by atoms with Crippen LogP contribution in [0.4, 0.5) is 11.4 Å². The van der Waals surface area contributed by atoms with E-state index in [2.05, 4.69) is 15.6 Å². The lowest BCUT2D eigenvalue weighted by atomic mass is 10.1. The largest absolute Gasteiger partial charge is 0.383 e. The molecule has 0 fully saturated rings. The number of rotatable bonds is 7. The Labute approximate surface area is 215 Å². The number of benzene rings is 3.